The Bertz CT molecular complexity index is 1670. The number of anilines is 2. The summed E-state index contributed by atoms with van der Waals surface area (Å²) in [6.45, 7) is 27.8. The molecule has 6 rings (SSSR count). The van der Waals surface area contributed by atoms with Gasteiger partial charge in [-0.05, 0) is 132 Å². The largest absolute Gasteiger partial charge is 0.494 e. The summed E-state index contributed by atoms with van der Waals surface area (Å²) >= 11 is 0. The van der Waals surface area contributed by atoms with Crippen molar-refractivity contribution in [3.05, 3.63) is 48.5 Å². The third-order valence-electron chi connectivity index (χ3n) is 11.2. The van der Waals surface area contributed by atoms with Crippen molar-refractivity contribution in [2.75, 3.05) is 22.9 Å². The number of carbonyl (C=O) groups excluding carboxylic acids is 4. The lowest BCUT2D eigenvalue weighted by molar-refractivity contribution is -0.118. The van der Waals surface area contributed by atoms with E-state index >= 15 is 0 Å². The Labute approximate surface area is 344 Å². The van der Waals surface area contributed by atoms with Crippen molar-refractivity contribution in [1.82, 2.24) is 10.6 Å². The van der Waals surface area contributed by atoms with Crippen LogP contribution >= 0.6 is 0 Å². The van der Waals surface area contributed by atoms with E-state index in [0.29, 0.717) is 13.1 Å². The van der Waals surface area contributed by atoms with Crippen molar-refractivity contribution >= 4 is 60.5 Å². The van der Waals surface area contributed by atoms with Crippen LogP contribution in [-0.2, 0) is 37.7 Å². The molecule has 58 heavy (non-hydrogen) atoms. The fourth-order valence-corrected chi connectivity index (χ4v) is 6.64. The summed E-state index contributed by atoms with van der Waals surface area (Å²) in [6, 6.07) is 14.6. The average Bonchev–Trinajstić information content (AvgIpc) is 3.74. The smallest absolute Gasteiger partial charge is 0.444 e. The highest BCUT2D eigenvalue weighted by Gasteiger charge is 2.53. The number of hydrogen-bond donors (Lipinski definition) is 2. The Kier molecular flexibility index (Phi) is 12.5. The molecule has 0 unspecified atom stereocenters. The first kappa shape index (κ1) is 45.0. The number of nitrogens with one attached hydrogen (secondary N) is 2. The predicted octanol–water partition coefficient (Wildman–Crippen LogP) is 5.23. The van der Waals surface area contributed by atoms with Crippen LogP contribution in [0, 0.1) is 0 Å². The first-order chi connectivity index (χ1) is 26.5. The molecule has 0 aromatic heterocycles. The Morgan fingerprint density at radius 2 is 0.845 bits per heavy atom. The quantitative estimate of drug-likeness (QED) is 0.371. The second kappa shape index (κ2) is 16.2. The highest BCUT2D eigenvalue weighted by Crippen LogP contribution is 2.38. The van der Waals surface area contributed by atoms with Gasteiger partial charge in [-0.2, -0.15) is 0 Å². The summed E-state index contributed by atoms with van der Waals surface area (Å²) in [5.41, 5.74) is 0.621. The number of benzene rings is 2. The lowest BCUT2D eigenvalue weighted by Crippen LogP contribution is -2.41. The molecule has 16 heteroatoms. The summed E-state index contributed by atoms with van der Waals surface area (Å²) in [6.07, 6.45) is -0.516. The zero-order chi connectivity index (χ0) is 43.2. The minimum absolute atomic E-state index is 0.0329. The molecule has 0 radical (unpaired) electrons. The Morgan fingerprint density at radius 3 is 1.10 bits per heavy atom. The number of nitrogens with zero attached hydrogens (tertiary/aromatic N) is 2. The molecular weight excluding hydrogens is 742 g/mol. The van der Waals surface area contributed by atoms with Crippen molar-refractivity contribution in [2.24, 2.45) is 0 Å². The normalized spacial score (nSPS) is 23.4. The van der Waals surface area contributed by atoms with Crippen LogP contribution in [0.1, 0.15) is 110 Å². The zero-order valence-electron chi connectivity index (χ0n) is 36.7. The number of carbonyl (C=O) groups is 4. The van der Waals surface area contributed by atoms with Gasteiger partial charge >= 0.3 is 26.4 Å². The topological polar surface area (TPSA) is 154 Å². The SMILES string of the molecule is CC(C)(C)OC(=O)N[C@H]1CC(=O)N(c2ccc(B3OC(C)(C)C(C)(C)O3)cc2)C1.CC(C)(C)OC(=O)N[C@H]1CC(=O)N(c2ccc(B3OC(C)(C)C(C)(C)O3)cc2)C1. The number of alkyl carbamates (subject to hydrolysis) is 2. The summed E-state index contributed by atoms with van der Waals surface area (Å²) < 4.78 is 34.8. The molecule has 0 bridgehead atoms. The highest BCUT2D eigenvalue weighted by atomic mass is 16.7. The van der Waals surface area contributed by atoms with Crippen molar-refractivity contribution in [1.29, 1.82) is 0 Å². The Morgan fingerprint density at radius 1 is 0.569 bits per heavy atom. The molecule has 2 atom stereocenters. The molecule has 0 saturated carbocycles. The van der Waals surface area contributed by atoms with Gasteiger partial charge in [0.2, 0.25) is 11.8 Å². The molecule has 14 nitrogen and oxygen atoms in total. The van der Waals surface area contributed by atoms with Gasteiger partial charge in [-0.15, -0.1) is 0 Å². The fourth-order valence-electron chi connectivity index (χ4n) is 6.64. The van der Waals surface area contributed by atoms with Gasteiger partial charge in [0.25, 0.3) is 0 Å². The summed E-state index contributed by atoms with van der Waals surface area (Å²) in [7, 11) is -0.880. The number of amides is 4. The molecule has 4 aliphatic heterocycles. The van der Waals surface area contributed by atoms with Gasteiger partial charge in [0, 0.05) is 37.3 Å². The van der Waals surface area contributed by atoms with Crippen LogP contribution in [0.4, 0.5) is 21.0 Å². The van der Waals surface area contributed by atoms with Crippen LogP contribution in [0.2, 0.25) is 0 Å². The van der Waals surface area contributed by atoms with Crippen molar-refractivity contribution < 1.29 is 47.3 Å². The third-order valence-corrected chi connectivity index (χ3v) is 11.2. The van der Waals surface area contributed by atoms with Crippen molar-refractivity contribution in [3.8, 4) is 0 Å². The van der Waals surface area contributed by atoms with Gasteiger partial charge in [-0.25, -0.2) is 9.59 Å². The maximum atomic E-state index is 12.4. The van der Waals surface area contributed by atoms with Crippen molar-refractivity contribution in [2.45, 2.75) is 155 Å². The van der Waals surface area contributed by atoms with E-state index in [4.69, 9.17) is 28.1 Å². The second-order valence-corrected chi connectivity index (χ2v) is 19.5. The van der Waals surface area contributed by atoms with E-state index in [9.17, 15) is 19.2 Å². The third kappa shape index (κ3) is 10.7. The van der Waals surface area contributed by atoms with E-state index in [-0.39, 0.29) is 36.7 Å². The second-order valence-electron chi connectivity index (χ2n) is 19.5. The average molecular weight is 805 g/mol. The van der Waals surface area contributed by atoms with Crippen molar-refractivity contribution in [3.63, 3.8) is 0 Å². The Balaban J connectivity index is 0.000000221. The molecule has 2 aromatic rings. The number of hydrogen-bond acceptors (Lipinski definition) is 10. The van der Waals surface area contributed by atoms with Crippen LogP contribution in [0.3, 0.4) is 0 Å². The van der Waals surface area contributed by atoms with E-state index in [1.54, 1.807) is 51.3 Å². The van der Waals surface area contributed by atoms with Gasteiger partial charge in [0.15, 0.2) is 0 Å². The van der Waals surface area contributed by atoms with E-state index in [0.717, 1.165) is 22.3 Å². The monoisotopic (exact) mass is 804 g/mol. The first-order valence-corrected chi connectivity index (χ1v) is 20.1. The lowest BCUT2D eigenvalue weighted by Gasteiger charge is -2.32. The van der Waals surface area contributed by atoms with Crippen LogP contribution in [-0.4, -0.2) is 97.0 Å². The minimum Gasteiger partial charge on any atom is -0.444 e. The first-order valence-electron chi connectivity index (χ1n) is 20.1. The number of ether oxygens (including phenoxy) is 2. The summed E-state index contributed by atoms with van der Waals surface area (Å²) in [5, 5.41) is 5.55. The molecule has 4 heterocycles. The molecule has 2 N–H and O–H groups in total. The molecule has 4 saturated heterocycles. The van der Waals surface area contributed by atoms with Gasteiger partial charge < -0.3 is 48.5 Å². The molecule has 4 fully saturated rings. The highest BCUT2D eigenvalue weighted by molar-refractivity contribution is 6.62. The van der Waals surface area contributed by atoms with Crippen LogP contribution in [0.15, 0.2) is 48.5 Å². The predicted molar refractivity (Wildman–Crippen MR) is 225 cm³/mol. The van der Waals surface area contributed by atoms with Gasteiger partial charge in [-0.1, -0.05) is 24.3 Å². The van der Waals surface area contributed by atoms with Crippen LogP contribution in [0.5, 0.6) is 0 Å². The fraction of sp³-hybridized carbons (Fsp3) is 0.619. The van der Waals surface area contributed by atoms with Crippen LogP contribution < -0.4 is 31.4 Å². The van der Waals surface area contributed by atoms with Gasteiger partial charge in [-0.3, -0.25) is 9.59 Å². The number of rotatable bonds is 6. The molecule has 2 aromatic carbocycles. The van der Waals surface area contributed by atoms with E-state index < -0.39 is 60.0 Å². The summed E-state index contributed by atoms with van der Waals surface area (Å²) in [5.74, 6) is -0.0658. The Hall–Kier alpha value is -4.11. The standard InChI is InChI=1S/2C21H31BN2O5/c2*1-19(2,3)27-18(26)23-15-12-17(25)24(13-15)16-10-8-14(9-11-16)22-28-20(4,5)21(6,7)29-22/h2*8-11,15H,12-13H2,1-7H3,(H,23,26)/t2*15-/m00/s1. The molecule has 0 spiro atoms. The zero-order valence-corrected chi connectivity index (χ0v) is 36.7. The molecule has 316 valence electrons. The maximum absolute atomic E-state index is 12.4. The minimum atomic E-state index is -0.574. The molecular formula is C42H62B2N4O10. The van der Waals surface area contributed by atoms with E-state index in [2.05, 4.69) is 10.6 Å². The molecule has 0 aliphatic carbocycles. The summed E-state index contributed by atoms with van der Waals surface area (Å²) in [4.78, 5) is 52.2. The maximum Gasteiger partial charge on any atom is 0.494 e. The molecule has 4 aliphatic rings. The lowest BCUT2D eigenvalue weighted by atomic mass is 9.79. The van der Waals surface area contributed by atoms with Gasteiger partial charge in [0.1, 0.15) is 11.2 Å². The molecule has 4 amide bonds. The van der Waals surface area contributed by atoms with Gasteiger partial charge in [0.05, 0.1) is 34.5 Å². The van der Waals surface area contributed by atoms with Crippen LogP contribution in [0.25, 0.3) is 0 Å². The van der Waals surface area contributed by atoms with E-state index in [1.807, 2.05) is 104 Å². The van der Waals surface area contributed by atoms with E-state index in [1.165, 1.54) is 0 Å².